The lowest BCUT2D eigenvalue weighted by atomic mass is 10.3. The van der Waals surface area contributed by atoms with Crippen molar-refractivity contribution >= 4 is 17.0 Å². The third-order valence-electron chi connectivity index (χ3n) is 1.44. The van der Waals surface area contributed by atoms with Crippen LogP contribution in [0.5, 0.6) is 5.75 Å². The van der Waals surface area contributed by atoms with Crippen LogP contribution in [0.1, 0.15) is 0 Å². The Balaban J connectivity index is 2.31. The number of hydrogen-bond acceptors (Lipinski definition) is 4. The summed E-state index contributed by atoms with van der Waals surface area (Å²) in [5.41, 5.74) is 6.11. The van der Waals surface area contributed by atoms with Crippen LogP contribution in [0.3, 0.4) is 0 Å². The van der Waals surface area contributed by atoms with Crippen LogP contribution in [0.15, 0.2) is 24.3 Å². The highest BCUT2D eigenvalue weighted by molar-refractivity contribution is 7.74. The van der Waals surface area contributed by atoms with Gasteiger partial charge < -0.3 is 10.5 Å². The predicted octanol–water partition coefficient (Wildman–Crippen LogP) is 0.801. The Labute approximate surface area is 84.3 Å². The second-order valence-electron chi connectivity index (χ2n) is 2.43. The van der Waals surface area contributed by atoms with Crippen molar-refractivity contribution < 1.29 is 17.7 Å². The average molecular weight is 217 g/mol. The fraction of sp³-hybridized carbons (Fsp3) is 0.250. The van der Waals surface area contributed by atoms with Gasteiger partial charge in [0.25, 0.3) is 0 Å². The van der Waals surface area contributed by atoms with E-state index >= 15 is 0 Å². The molecule has 0 amide bonds. The lowest BCUT2D eigenvalue weighted by molar-refractivity contribution is 0.218. The Morgan fingerprint density at radius 1 is 1.36 bits per heavy atom. The molecular formula is C8H11NO4S. The van der Waals surface area contributed by atoms with Crippen molar-refractivity contribution in [3.8, 4) is 5.75 Å². The SMILES string of the molecule is Nc1ccccc1OCCOS(=O)O. The smallest absolute Gasteiger partial charge is 0.302 e. The van der Waals surface area contributed by atoms with E-state index in [0.29, 0.717) is 11.4 Å². The van der Waals surface area contributed by atoms with E-state index in [1.807, 2.05) is 0 Å². The van der Waals surface area contributed by atoms with E-state index in [1.54, 1.807) is 24.3 Å². The minimum Gasteiger partial charge on any atom is -0.489 e. The van der Waals surface area contributed by atoms with Crippen molar-refractivity contribution in [3.63, 3.8) is 0 Å². The number of anilines is 1. The van der Waals surface area contributed by atoms with E-state index in [-0.39, 0.29) is 13.2 Å². The van der Waals surface area contributed by atoms with Gasteiger partial charge in [0.15, 0.2) is 0 Å². The molecule has 0 heterocycles. The van der Waals surface area contributed by atoms with Gasteiger partial charge in [-0.2, -0.15) is 4.21 Å². The van der Waals surface area contributed by atoms with Gasteiger partial charge in [-0.1, -0.05) is 12.1 Å². The second-order valence-corrected chi connectivity index (χ2v) is 3.10. The van der Waals surface area contributed by atoms with Gasteiger partial charge in [-0.15, -0.1) is 0 Å². The van der Waals surface area contributed by atoms with Crippen LogP contribution in [0.4, 0.5) is 5.69 Å². The molecule has 0 aliphatic carbocycles. The van der Waals surface area contributed by atoms with Crippen LogP contribution in [0, 0.1) is 0 Å². The number of hydrogen-bond donors (Lipinski definition) is 2. The Kier molecular flexibility index (Phi) is 4.37. The quantitative estimate of drug-likeness (QED) is 0.433. The molecule has 0 aromatic heterocycles. The zero-order valence-corrected chi connectivity index (χ0v) is 8.20. The van der Waals surface area contributed by atoms with E-state index in [9.17, 15) is 4.21 Å². The van der Waals surface area contributed by atoms with Crippen molar-refractivity contribution in [2.45, 2.75) is 0 Å². The Bertz CT molecular complexity index is 318. The fourth-order valence-electron chi connectivity index (χ4n) is 0.869. The van der Waals surface area contributed by atoms with Crippen LogP contribution in [0.2, 0.25) is 0 Å². The van der Waals surface area contributed by atoms with Gasteiger partial charge in [0.2, 0.25) is 0 Å². The van der Waals surface area contributed by atoms with Gasteiger partial charge in [0.1, 0.15) is 19.0 Å². The monoisotopic (exact) mass is 217 g/mol. The maximum Gasteiger partial charge on any atom is 0.302 e. The number of para-hydroxylation sites is 2. The average Bonchev–Trinajstić information content (AvgIpc) is 2.15. The number of nitrogens with two attached hydrogens (primary N) is 1. The molecule has 3 N–H and O–H groups in total. The molecule has 1 unspecified atom stereocenters. The summed E-state index contributed by atoms with van der Waals surface area (Å²) in [7, 11) is 0. The van der Waals surface area contributed by atoms with Gasteiger partial charge in [-0.25, -0.2) is 0 Å². The molecule has 14 heavy (non-hydrogen) atoms. The largest absolute Gasteiger partial charge is 0.489 e. The molecule has 1 rings (SSSR count). The van der Waals surface area contributed by atoms with Crippen LogP contribution < -0.4 is 10.5 Å². The first-order valence-corrected chi connectivity index (χ1v) is 4.95. The van der Waals surface area contributed by atoms with Crippen molar-refractivity contribution in [2.24, 2.45) is 0 Å². The number of benzene rings is 1. The highest BCUT2D eigenvalue weighted by Gasteiger charge is 1.98. The summed E-state index contributed by atoms with van der Waals surface area (Å²) in [5.74, 6) is 0.542. The molecule has 78 valence electrons. The topological polar surface area (TPSA) is 81.8 Å². The van der Waals surface area contributed by atoms with E-state index in [1.165, 1.54) is 0 Å². The summed E-state index contributed by atoms with van der Waals surface area (Å²) in [4.78, 5) is 0. The van der Waals surface area contributed by atoms with Gasteiger partial charge in [-0.05, 0) is 12.1 Å². The molecule has 5 nitrogen and oxygen atoms in total. The molecule has 1 aromatic rings. The van der Waals surface area contributed by atoms with E-state index < -0.39 is 11.4 Å². The molecule has 1 atom stereocenters. The highest BCUT2D eigenvalue weighted by atomic mass is 32.2. The van der Waals surface area contributed by atoms with Crippen molar-refractivity contribution in [1.82, 2.24) is 0 Å². The molecule has 0 spiro atoms. The van der Waals surface area contributed by atoms with Crippen molar-refractivity contribution in [2.75, 3.05) is 18.9 Å². The molecule has 0 radical (unpaired) electrons. The fourth-order valence-corrected chi connectivity index (χ4v) is 1.08. The first-order valence-electron chi connectivity index (χ1n) is 3.91. The molecule has 6 heteroatoms. The first-order chi connectivity index (χ1) is 6.70. The van der Waals surface area contributed by atoms with Crippen LogP contribution in [-0.4, -0.2) is 22.0 Å². The minimum atomic E-state index is -2.24. The van der Waals surface area contributed by atoms with Crippen LogP contribution >= 0.6 is 0 Å². The Morgan fingerprint density at radius 3 is 2.71 bits per heavy atom. The summed E-state index contributed by atoms with van der Waals surface area (Å²) >= 11 is -2.24. The maximum absolute atomic E-state index is 10.1. The molecule has 0 aliphatic heterocycles. The molecule has 0 aliphatic rings. The summed E-state index contributed by atoms with van der Waals surface area (Å²) < 4.78 is 27.9. The van der Waals surface area contributed by atoms with Crippen molar-refractivity contribution in [1.29, 1.82) is 0 Å². The molecule has 0 bridgehead atoms. The van der Waals surface area contributed by atoms with Gasteiger partial charge >= 0.3 is 11.4 Å². The van der Waals surface area contributed by atoms with Gasteiger partial charge in [0, 0.05) is 0 Å². The number of ether oxygens (including phenoxy) is 1. The summed E-state index contributed by atoms with van der Waals surface area (Å²) in [6, 6.07) is 7.00. The highest BCUT2D eigenvalue weighted by Crippen LogP contribution is 2.19. The van der Waals surface area contributed by atoms with E-state index in [4.69, 9.17) is 15.0 Å². The molecular weight excluding hydrogens is 206 g/mol. The van der Waals surface area contributed by atoms with Crippen molar-refractivity contribution in [3.05, 3.63) is 24.3 Å². The lowest BCUT2D eigenvalue weighted by Crippen LogP contribution is -2.08. The number of nitrogen functional groups attached to an aromatic ring is 1. The van der Waals surface area contributed by atoms with Crippen LogP contribution in [-0.2, 0) is 15.5 Å². The predicted molar refractivity (Wildman–Crippen MR) is 53.1 cm³/mol. The summed E-state index contributed by atoms with van der Waals surface area (Å²) in [6.45, 7) is 0.220. The standard InChI is InChI=1S/C8H11NO4S/c9-7-3-1-2-4-8(7)12-5-6-13-14(10)11/h1-4H,5-6,9H2,(H,10,11). The van der Waals surface area contributed by atoms with Crippen LogP contribution in [0.25, 0.3) is 0 Å². The Morgan fingerprint density at radius 2 is 2.07 bits per heavy atom. The summed E-state index contributed by atoms with van der Waals surface area (Å²) in [5, 5.41) is 0. The molecule has 0 saturated heterocycles. The summed E-state index contributed by atoms with van der Waals surface area (Å²) in [6.07, 6.45) is 0. The van der Waals surface area contributed by atoms with E-state index in [2.05, 4.69) is 4.18 Å². The number of rotatable bonds is 5. The zero-order valence-electron chi connectivity index (χ0n) is 7.38. The molecule has 0 fully saturated rings. The minimum absolute atomic E-state index is 0.0391. The third kappa shape index (κ3) is 3.73. The maximum atomic E-state index is 10.1. The first kappa shape index (κ1) is 11.0. The second kappa shape index (κ2) is 5.58. The third-order valence-corrected chi connectivity index (χ3v) is 1.81. The molecule has 0 saturated carbocycles. The molecule has 1 aromatic carbocycles. The van der Waals surface area contributed by atoms with Gasteiger partial charge in [0.05, 0.1) is 5.69 Å². The van der Waals surface area contributed by atoms with E-state index in [0.717, 1.165) is 0 Å². The zero-order chi connectivity index (χ0) is 10.4. The Hall–Kier alpha value is -1.11. The normalized spacial score (nSPS) is 12.4. The lowest BCUT2D eigenvalue weighted by Gasteiger charge is -2.07. The van der Waals surface area contributed by atoms with Gasteiger partial charge in [-0.3, -0.25) is 8.74 Å².